The Morgan fingerprint density at radius 1 is 0.903 bits per heavy atom. The summed E-state index contributed by atoms with van der Waals surface area (Å²) >= 11 is 0. The second kappa shape index (κ2) is 12.2. The molecule has 0 aliphatic carbocycles. The Hall–Kier alpha value is -0.339. The molecule has 0 bridgehead atoms. The van der Waals surface area contributed by atoms with Gasteiger partial charge in [0.2, 0.25) is 0 Å². The van der Waals surface area contributed by atoms with Crippen LogP contribution in [-0.2, 0) is 4.12 Å². The number of rotatable bonds is 7. The number of nitrogens with zero attached hydrogens (tertiary/aromatic N) is 2. The maximum absolute atomic E-state index is 9.02. The summed E-state index contributed by atoms with van der Waals surface area (Å²) in [6.45, 7) is 13.1. The van der Waals surface area contributed by atoms with Crippen LogP contribution in [-0.4, -0.2) is 73.1 Å². The summed E-state index contributed by atoms with van der Waals surface area (Å²) in [5.41, 5.74) is 5.01. The van der Waals surface area contributed by atoms with E-state index in [9.17, 15) is 0 Å². The van der Waals surface area contributed by atoms with Gasteiger partial charge in [-0.25, -0.2) is 0 Å². The highest BCUT2D eigenvalue weighted by Gasteiger charge is 2.36. The lowest BCUT2D eigenvalue weighted by Crippen LogP contribution is -3.00. The number of halogens is 1. The summed E-state index contributed by atoms with van der Waals surface area (Å²) in [5.74, 6) is 0. The topological polar surface area (TPSA) is 137 Å². The molecule has 1 heterocycles. The molecule has 0 unspecified atom stereocenters. The molecular formula is C18H36IN2O7Si3-. The fraction of sp³-hybridized carbons (Fsp3) is 0.556. The molecule has 0 amide bonds. The summed E-state index contributed by atoms with van der Waals surface area (Å²) in [6, 6.07) is 4.45. The minimum Gasteiger partial charge on any atom is -1.00 e. The second-order valence-electron chi connectivity index (χ2n) is 8.64. The van der Waals surface area contributed by atoms with Crippen LogP contribution in [0.2, 0.25) is 25.7 Å². The van der Waals surface area contributed by atoms with Crippen LogP contribution in [0.25, 0.3) is 0 Å². The standard InChI is InChI=1S/C15H24N2O3Si.C3H12O4Si2.HI/c1-12-9-13(2)15(14(3)10-12)17-7-6-16(11-17)5-4-8-21(18,19)20;1-8(2,3)7-9(4,5)6;/h6-7,9-10,18-20H,4-5,8,11H2,1-3H3;4-6H,1-3H3;1H/p-1. The van der Waals surface area contributed by atoms with Gasteiger partial charge in [0.15, 0.2) is 8.32 Å². The largest absolute Gasteiger partial charge is 1.00 e. The van der Waals surface area contributed by atoms with Crippen molar-refractivity contribution in [2.24, 2.45) is 0 Å². The van der Waals surface area contributed by atoms with Gasteiger partial charge < -0.3 is 66.7 Å². The van der Waals surface area contributed by atoms with E-state index in [1.807, 2.05) is 12.4 Å². The molecule has 31 heavy (non-hydrogen) atoms. The number of benzene rings is 1. The van der Waals surface area contributed by atoms with Crippen LogP contribution in [0.3, 0.4) is 0 Å². The van der Waals surface area contributed by atoms with Gasteiger partial charge in [0.25, 0.3) is 0 Å². The third-order valence-electron chi connectivity index (χ3n) is 4.11. The zero-order valence-corrected chi connectivity index (χ0v) is 24.2. The molecule has 0 radical (unpaired) electrons. The molecule has 1 aliphatic heterocycles. The van der Waals surface area contributed by atoms with Gasteiger partial charge in [0.1, 0.15) is 0 Å². The van der Waals surface area contributed by atoms with E-state index in [4.69, 9.17) is 28.8 Å². The monoisotopic (exact) mass is 603 g/mol. The number of hydrogen-bond acceptors (Lipinski definition) is 9. The van der Waals surface area contributed by atoms with Crippen LogP contribution < -0.4 is 28.9 Å². The summed E-state index contributed by atoms with van der Waals surface area (Å²) in [7, 11) is -10.1. The SMILES string of the molecule is C[Si](C)(C)O[Si](O)(O)O.Cc1cc(C)c(N2C=CN(CCC[Si](O)(O)O)C2)c(C)c1.[I-]. The molecule has 180 valence electrons. The summed E-state index contributed by atoms with van der Waals surface area (Å²) in [6.07, 6.45) is 4.63. The molecule has 2 rings (SSSR count). The predicted octanol–water partition coefficient (Wildman–Crippen LogP) is -2.28. The number of aryl methyl sites for hydroxylation is 3. The minimum atomic E-state index is -4.23. The quantitative estimate of drug-likeness (QED) is 0.151. The van der Waals surface area contributed by atoms with Gasteiger partial charge in [-0.3, -0.25) is 0 Å². The average molecular weight is 604 g/mol. The average Bonchev–Trinajstić information content (AvgIpc) is 2.89. The molecular weight excluding hydrogens is 567 g/mol. The molecule has 0 aromatic heterocycles. The second-order valence-corrected chi connectivity index (χ2v) is 16.9. The maximum Gasteiger partial charge on any atom is 0.660 e. The Morgan fingerprint density at radius 2 is 1.42 bits per heavy atom. The molecule has 13 heteroatoms. The van der Waals surface area contributed by atoms with Gasteiger partial charge in [-0.05, 0) is 58.0 Å². The van der Waals surface area contributed by atoms with E-state index < -0.39 is 26.2 Å². The van der Waals surface area contributed by atoms with Crippen molar-refractivity contribution in [3.8, 4) is 0 Å². The Morgan fingerprint density at radius 3 is 1.81 bits per heavy atom. The van der Waals surface area contributed by atoms with E-state index in [0.717, 1.165) is 6.67 Å². The summed E-state index contributed by atoms with van der Waals surface area (Å²) in [4.78, 5) is 56.6. The lowest BCUT2D eigenvalue weighted by Gasteiger charge is -2.25. The van der Waals surface area contributed by atoms with Crippen molar-refractivity contribution >= 4 is 31.9 Å². The summed E-state index contributed by atoms with van der Waals surface area (Å²) in [5, 5.41) is 0. The maximum atomic E-state index is 9.02. The fourth-order valence-electron chi connectivity index (χ4n) is 3.31. The first-order valence-corrected chi connectivity index (χ1v) is 17.0. The van der Waals surface area contributed by atoms with Crippen molar-refractivity contribution in [2.45, 2.75) is 52.9 Å². The first kappa shape index (κ1) is 30.7. The summed E-state index contributed by atoms with van der Waals surface area (Å²) < 4.78 is 4.57. The van der Waals surface area contributed by atoms with Crippen molar-refractivity contribution in [1.29, 1.82) is 0 Å². The molecule has 6 N–H and O–H groups in total. The van der Waals surface area contributed by atoms with Gasteiger partial charge in [0.05, 0.1) is 6.67 Å². The number of hydrogen-bond donors (Lipinski definition) is 6. The van der Waals surface area contributed by atoms with E-state index in [1.54, 1.807) is 19.6 Å². The van der Waals surface area contributed by atoms with E-state index in [2.05, 4.69) is 46.8 Å². The van der Waals surface area contributed by atoms with Gasteiger partial charge in [-0.2, -0.15) is 0 Å². The molecule has 1 aliphatic rings. The highest BCUT2D eigenvalue weighted by molar-refractivity contribution is 6.76. The van der Waals surface area contributed by atoms with E-state index in [-0.39, 0.29) is 30.0 Å². The van der Waals surface area contributed by atoms with Gasteiger partial charge in [0, 0.05) is 30.7 Å². The lowest BCUT2D eigenvalue weighted by molar-refractivity contribution is -0.0000326. The molecule has 1 aromatic rings. The zero-order chi connectivity index (χ0) is 23.3. The third-order valence-corrected chi connectivity index (χ3v) is 8.68. The van der Waals surface area contributed by atoms with Crippen molar-refractivity contribution in [1.82, 2.24) is 4.90 Å². The molecule has 0 saturated carbocycles. The van der Waals surface area contributed by atoms with Crippen LogP contribution in [0.15, 0.2) is 24.5 Å². The Kier molecular flexibility index (Phi) is 12.1. The Balaban J connectivity index is 0.000000769. The van der Waals surface area contributed by atoms with Crippen LogP contribution in [0.4, 0.5) is 5.69 Å². The van der Waals surface area contributed by atoms with Gasteiger partial charge >= 0.3 is 17.9 Å². The van der Waals surface area contributed by atoms with E-state index >= 15 is 0 Å². The molecule has 1 aromatic carbocycles. The number of anilines is 1. The molecule has 0 spiro atoms. The fourth-order valence-corrected chi connectivity index (χ4v) is 7.23. The highest BCUT2D eigenvalue weighted by atomic mass is 127. The normalized spacial score (nSPS) is 14.3. The van der Waals surface area contributed by atoms with Crippen LogP contribution in [0, 0.1) is 20.8 Å². The van der Waals surface area contributed by atoms with Crippen molar-refractivity contribution in [3.05, 3.63) is 41.2 Å². The molecule has 0 saturated heterocycles. The first-order valence-electron chi connectivity index (χ1n) is 9.78. The van der Waals surface area contributed by atoms with Crippen molar-refractivity contribution in [2.75, 3.05) is 18.1 Å². The Bertz CT molecular complexity index is 699. The lowest BCUT2D eigenvalue weighted by atomic mass is 10.0. The first-order chi connectivity index (χ1) is 13.5. The van der Waals surface area contributed by atoms with Crippen molar-refractivity contribution in [3.63, 3.8) is 0 Å². The Labute approximate surface area is 205 Å². The smallest absolute Gasteiger partial charge is 0.660 e. The minimum absolute atomic E-state index is 0. The zero-order valence-electron chi connectivity index (χ0n) is 19.0. The molecule has 0 fully saturated rings. The van der Waals surface area contributed by atoms with Crippen LogP contribution in [0.5, 0.6) is 0 Å². The third kappa shape index (κ3) is 13.1. The molecule has 0 atom stereocenters. The van der Waals surface area contributed by atoms with Crippen LogP contribution in [0.1, 0.15) is 23.1 Å². The van der Waals surface area contributed by atoms with E-state index in [1.165, 1.54) is 22.4 Å². The predicted molar refractivity (Wildman–Crippen MR) is 123 cm³/mol. The van der Waals surface area contributed by atoms with E-state index in [0.29, 0.717) is 13.0 Å². The van der Waals surface area contributed by atoms with Gasteiger partial charge in [-0.1, -0.05) is 17.7 Å². The molecule has 9 nitrogen and oxygen atoms in total. The van der Waals surface area contributed by atoms with Crippen molar-refractivity contribution < 1.29 is 56.9 Å². The van der Waals surface area contributed by atoms with Gasteiger partial charge in [-0.15, -0.1) is 0 Å². The van der Waals surface area contributed by atoms with Crippen LogP contribution >= 0.6 is 0 Å². The highest BCUT2D eigenvalue weighted by Crippen LogP contribution is 2.28.